The van der Waals surface area contributed by atoms with Gasteiger partial charge in [0.05, 0.1) is 11.6 Å². The summed E-state index contributed by atoms with van der Waals surface area (Å²) in [4.78, 5) is 10.7. The maximum absolute atomic E-state index is 10.7. The number of nitrogens with zero attached hydrogens (tertiary/aromatic N) is 1. The lowest BCUT2D eigenvalue weighted by Gasteiger charge is -2.21. The summed E-state index contributed by atoms with van der Waals surface area (Å²) in [6.07, 6.45) is -0.852. The van der Waals surface area contributed by atoms with E-state index in [-0.39, 0.29) is 5.41 Å². The third-order valence-electron chi connectivity index (χ3n) is 2.13. The van der Waals surface area contributed by atoms with Crippen LogP contribution in [0, 0.1) is 11.3 Å². The molecule has 0 spiro atoms. The SMILES string of the molecule is CC(C)(C)c1cc(C#N)ccc1OC(N)=O. The summed E-state index contributed by atoms with van der Waals surface area (Å²) in [6.45, 7) is 5.91. The van der Waals surface area contributed by atoms with Crippen molar-refractivity contribution in [3.05, 3.63) is 29.3 Å². The fourth-order valence-electron chi connectivity index (χ4n) is 1.38. The van der Waals surface area contributed by atoms with Gasteiger partial charge in [0, 0.05) is 5.56 Å². The van der Waals surface area contributed by atoms with Crippen LogP contribution in [0.4, 0.5) is 4.79 Å². The number of carbonyl (C=O) groups excluding carboxylic acids is 1. The first-order valence-corrected chi connectivity index (χ1v) is 4.86. The van der Waals surface area contributed by atoms with E-state index < -0.39 is 6.09 Å². The summed E-state index contributed by atoms with van der Waals surface area (Å²) in [7, 11) is 0. The average molecular weight is 218 g/mol. The van der Waals surface area contributed by atoms with E-state index in [1.165, 1.54) is 0 Å². The molecule has 1 amide bonds. The minimum atomic E-state index is -0.852. The molecule has 4 heteroatoms. The Balaban J connectivity index is 3.28. The second-order valence-electron chi connectivity index (χ2n) is 4.49. The number of amides is 1. The number of hydrogen-bond donors (Lipinski definition) is 1. The fourth-order valence-corrected chi connectivity index (χ4v) is 1.38. The number of primary amides is 1. The van der Waals surface area contributed by atoms with Crippen molar-refractivity contribution in [2.45, 2.75) is 26.2 Å². The third kappa shape index (κ3) is 2.74. The number of nitrogens with two attached hydrogens (primary N) is 1. The molecule has 84 valence electrons. The van der Waals surface area contributed by atoms with Crippen molar-refractivity contribution in [1.29, 1.82) is 5.26 Å². The van der Waals surface area contributed by atoms with Gasteiger partial charge in [0.15, 0.2) is 0 Å². The van der Waals surface area contributed by atoms with E-state index in [2.05, 4.69) is 0 Å². The van der Waals surface area contributed by atoms with E-state index in [1.807, 2.05) is 26.8 Å². The number of carbonyl (C=O) groups is 1. The van der Waals surface area contributed by atoms with Crippen molar-refractivity contribution in [2.75, 3.05) is 0 Å². The molecule has 4 nitrogen and oxygen atoms in total. The van der Waals surface area contributed by atoms with Crippen LogP contribution in [0.5, 0.6) is 5.75 Å². The van der Waals surface area contributed by atoms with Crippen molar-refractivity contribution in [3.8, 4) is 11.8 Å². The molecular formula is C12H14N2O2. The second-order valence-corrected chi connectivity index (χ2v) is 4.49. The quantitative estimate of drug-likeness (QED) is 0.785. The maximum Gasteiger partial charge on any atom is 0.409 e. The van der Waals surface area contributed by atoms with E-state index in [4.69, 9.17) is 15.7 Å². The normalized spacial score (nSPS) is 10.6. The molecule has 1 rings (SSSR count). The van der Waals surface area contributed by atoms with Crippen molar-refractivity contribution >= 4 is 6.09 Å². The number of benzene rings is 1. The molecular weight excluding hydrogens is 204 g/mol. The molecule has 0 atom stereocenters. The van der Waals surface area contributed by atoms with Gasteiger partial charge in [-0.05, 0) is 23.6 Å². The highest BCUT2D eigenvalue weighted by molar-refractivity contribution is 5.69. The van der Waals surface area contributed by atoms with E-state index in [1.54, 1.807) is 18.2 Å². The Kier molecular flexibility index (Phi) is 3.19. The van der Waals surface area contributed by atoms with Crippen LogP contribution in [-0.4, -0.2) is 6.09 Å². The van der Waals surface area contributed by atoms with Crippen LogP contribution in [0.2, 0.25) is 0 Å². The third-order valence-corrected chi connectivity index (χ3v) is 2.13. The molecule has 0 aliphatic carbocycles. The Morgan fingerprint density at radius 1 is 1.44 bits per heavy atom. The van der Waals surface area contributed by atoms with Gasteiger partial charge in [-0.15, -0.1) is 0 Å². The lowest BCUT2D eigenvalue weighted by Crippen LogP contribution is -2.20. The Hall–Kier alpha value is -2.02. The predicted octanol–water partition coefficient (Wildman–Crippen LogP) is 2.31. The van der Waals surface area contributed by atoms with Crippen LogP contribution in [0.3, 0.4) is 0 Å². The first-order valence-electron chi connectivity index (χ1n) is 4.86. The highest BCUT2D eigenvalue weighted by Crippen LogP contribution is 2.32. The van der Waals surface area contributed by atoms with Crippen LogP contribution < -0.4 is 10.5 Å². The van der Waals surface area contributed by atoms with Gasteiger partial charge in [-0.2, -0.15) is 5.26 Å². The first-order chi connectivity index (χ1) is 7.34. The summed E-state index contributed by atoms with van der Waals surface area (Å²) in [5.74, 6) is 0.402. The lowest BCUT2D eigenvalue weighted by atomic mass is 9.85. The first kappa shape index (κ1) is 12.1. The highest BCUT2D eigenvalue weighted by Gasteiger charge is 2.20. The van der Waals surface area contributed by atoms with E-state index >= 15 is 0 Å². The van der Waals surface area contributed by atoms with Crippen molar-refractivity contribution in [1.82, 2.24) is 0 Å². The average Bonchev–Trinajstić information content (AvgIpc) is 2.15. The highest BCUT2D eigenvalue weighted by atomic mass is 16.5. The van der Waals surface area contributed by atoms with Crippen molar-refractivity contribution in [2.24, 2.45) is 5.73 Å². The van der Waals surface area contributed by atoms with E-state index in [0.29, 0.717) is 11.3 Å². The molecule has 0 radical (unpaired) electrons. The van der Waals surface area contributed by atoms with Crippen molar-refractivity contribution in [3.63, 3.8) is 0 Å². The second kappa shape index (κ2) is 4.23. The van der Waals surface area contributed by atoms with Gasteiger partial charge in [0.2, 0.25) is 0 Å². The zero-order chi connectivity index (χ0) is 12.3. The minimum Gasteiger partial charge on any atom is -0.410 e. The summed E-state index contributed by atoms with van der Waals surface area (Å²) in [5.41, 5.74) is 6.07. The summed E-state index contributed by atoms with van der Waals surface area (Å²) < 4.78 is 4.90. The van der Waals surface area contributed by atoms with Crippen LogP contribution >= 0.6 is 0 Å². The van der Waals surface area contributed by atoms with Gasteiger partial charge in [-0.1, -0.05) is 20.8 Å². The summed E-state index contributed by atoms with van der Waals surface area (Å²) in [5, 5.41) is 8.82. The molecule has 1 aromatic carbocycles. The Labute approximate surface area is 94.6 Å². The monoisotopic (exact) mass is 218 g/mol. The van der Waals surface area contributed by atoms with E-state index in [9.17, 15) is 4.79 Å². The number of ether oxygens (including phenoxy) is 1. The van der Waals surface area contributed by atoms with E-state index in [0.717, 1.165) is 5.56 Å². The smallest absolute Gasteiger partial charge is 0.409 e. The van der Waals surface area contributed by atoms with Crippen LogP contribution in [-0.2, 0) is 5.41 Å². The van der Waals surface area contributed by atoms with Gasteiger partial charge in [-0.3, -0.25) is 0 Å². The van der Waals surface area contributed by atoms with Crippen LogP contribution in [0.25, 0.3) is 0 Å². The molecule has 0 unspecified atom stereocenters. The number of nitriles is 1. The Morgan fingerprint density at radius 2 is 2.06 bits per heavy atom. The largest absolute Gasteiger partial charge is 0.410 e. The number of rotatable bonds is 1. The van der Waals surface area contributed by atoms with Gasteiger partial charge in [0.1, 0.15) is 5.75 Å². The molecule has 1 aromatic rings. The van der Waals surface area contributed by atoms with Gasteiger partial charge in [0.25, 0.3) is 0 Å². The lowest BCUT2D eigenvalue weighted by molar-refractivity contribution is 0.210. The summed E-state index contributed by atoms with van der Waals surface area (Å²) >= 11 is 0. The molecule has 0 bridgehead atoms. The van der Waals surface area contributed by atoms with Crippen LogP contribution in [0.15, 0.2) is 18.2 Å². The topological polar surface area (TPSA) is 76.1 Å². The molecule has 0 aliphatic rings. The van der Waals surface area contributed by atoms with Gasteiger partial charge in [-0.25, -0.2) is 4.79 Å². The zero-order valence-electron chi connectivity index (χ0n) is 9.57. The number of hydrogen-bond acceptors (Lipinski definition) is 3. The Bertz CT molecular complexity index is 453. The molecule has 0 heterocycles. The molecule has 0 saturated carbocycles. The van der Waals surface area contributed by atoms with Gasteiger partial charge < -0.3 is 10.5 Å². The molecule has 0 aromatic heterocycles. The fraction of sp³-hybridized carbons (Fsp3) is 0.333. The summed E-state index contributed by atoms with van der Waals surface area (Å²) in [6, 6.07) is 6.93. The maximum atomic E-state index is 10.7. The molecule has 16 heavy (non-hydrogen) atoms. The minimum absolute atomic E-state index is 0.225. The molecule has 2 N–H and O–H groups in total. The van der Waals surface area contributed by atoms with Gasteiger partial charge >= 0.3 is 6.09 Å². The van der Waals surface area contributed by atoms with Crippen LogP contribution in [0.1, 0.15) is 31.9 Å². The van der Waals surface area contributed by atoms with Crippen molar-refractivity contribution < 1.29 is 9.53 Å². The molecule has 0 saturated heterocycles. The zero-order valence-corrected chi connectivity index (χ0v) is 9.57. The standard InChI is InChI=1S/C12H14N2O2/c1-12(2,3)9-6-8(7-13)4-5-10(9)16-11(14)15/h4-6H,1-3H3,(H2,14,15). The Morgan fingerprint density at radius 3 is 2.50 bits per heavy atom. The predicted molar refractivity (Wildman–Crippen MR) is 60.1 cm³/mol. The molecule has 0 fully saturated rings. The molecule has 0 aliphatic heterocycles.